The Kier molecular flexibility index (Phi) is 7.35. The summed E-state index contributed by atoms with van der Waals surface area (Å²) in [4.78, 5) is 26.1. The molecule has 0 aliphatic carbocycles. The number of carbonyl (C=O) groups excluding carboxylic acids is 1. The fourth-order valence-corrected chi connectivity index (χ4v) is 4.32. The second-order valence-corrected chi connectivity index (χ2v) is 8.45. The van der Waals surface area contributed by atoms with Gasteiger partial charge in [0.2, 0.25) is 0 Å². The Morgan fingerprint density at radius 3 is 2.50 bits per heavy atom. The monoisotopic (exact) mass is 465 g/mol. The lowest BCUT2D eigenvalue weighted by Gasteiger charge is -2.26. The van der Waals surface area contributed by atoms with E-state index in [0.717, 1.165) is 42.0 Å². The quantitative estimate of drug-likeness (QED) is 0.579. The van der Waals surface area contributed by atoms with Crippen molar-refractivity contribution in [1.29, 1.82) is 0 Å². The molecular formula is C26H29F2N5O. The molecule has 0 atom stereocenters. The Morgan fingerprint density at radius 1 is 1.00 bits per heavy atom. The van der Waals surface area contributed by atoms with Gasteiger partial charge in [-0.25, -0.2) is 23.5 Å². The highest BCUT2D eigenvalue weighted by Crippen LogP contribution is 2.26. The van der Waals surface area contributed by atoms with Crippen molar-refractivity contribution in [2.75, 3.05) is 36.4 Å². The number of halogens is 2. The van der Waals surface area contributed by atoms with Crippen molar-refractivity contribution in [2.45, 2.75) is 33.1 Å². The van der Waals surface area contributed by atoms with Crippen molar-refractivity contribution < 1.29 is 13.6 Å². The third-order valence-corrected chi connectivity index (χ3v) is 5.95. The van der Waals surface area contributed by atoms with Crippen molar-refractivity contribution in [2.24, 2.45) is 0 Å². The van der Waals surface area contributed by atoms with E-state index in [1.165, 1.54) is 18.2 Å². The van der Waals surface area contributed by atoms with Crippen LogP contribution in [0.1, 0.15) is 36.0 Å². The average Bonchev–Trinajstić information content (AvgIpc) is 3.06. The number of aromatic nitrogens is 2. The van der Waals surface area contributed by atoms with Crippen LogP contribution in [-0.2, 0) is 12.8 Å². The van der Waals surface area contributed by atoms with Crippen molar-refractivity contribution in [3.63, 3.8) is 0 Å². The molecule has 34 heavy (non-hydrogen) atoms. The number of benzene rings is 2. The largest absolute Gasteiger partial charge is 0.354 e. The first-order valence-electron chi connectivity index (χ1n) is 11.6. The summed E-state index contributed by atoms with van der Waals surface area (Å²) in [6.45, 7) is 6.37. The smallest absolute Gasteiger partial charge is 0.321 e. The van der Waals surface area contributed by atoms with E-state index < -0.39 is 5.82 Å². The summed E-state index contributed by atoms with van der Waals surface area (Å²) in [5.41, 5.74) is 3.25. The lowest BCUT2D eigenvalue weighted by atomic mass is 10.0. The normalized spacial score (nSPS) is 14.1. The van der Waals surface area contributed by atoms with Gasteiger partial charge >= 0.3 is 6.03 Å². The first kappa shape index (κ1) is 23.6. The van der Waals surface area contributed by atoms with Crippen LogP contribution in [0.2, 0.25) is 0 Å². The van der Waals surface area contributed by atoms with Gasteiger partial charge in [0.05, 0.1) is 0 Å². The first-order valence-corrected chi connectivity index (χ1v) is 11.6. The van der Waals surface area contributed by atoms with Gasteiger partial charge in [-0.3, -0.25) is 0 Å². The topological polar surface area (TPSA) is 61.4 Å². The zero-order valence-corrected chi connectivity index (χ0v) is 19.5. The molecular weight excluding hydrogens is 436 g/mol. The molecule has 0 radical (unpaired) electrons. The fourth-order valence-electron chi connectivity index (χ4n) is 4.32. The molecule has 6 nitrogen and oxygen atoms in total. The number of anilines is 2. The number of aryl methyl sites for hydroxylation is 2. The van der Waals surface area contributed by atoms with Crippen molar-refractivity contribution >= 4 is 17.5 Å². The maximum atomic E-state index is 13.8. The van der Waals surface area contributed by atoms with E-state index >= 15 is 0 Å². The Labute approximate surface area is 198 Å². The average molecular weight is 466 g/mol. The summed E-state index contributed by atoms with van der Waals surface area (Å²) in [6, 6.07) is 12.2. The molecule has 178 valence electrons. The minimum Gasteiger partial charge on any atom is -0.354 e. The van der Waals surface area contributed by atoms with Gasteiger partial charge in [-0.1, -0.05) is 25.1 Å². The standard InChI is InChI=1S/C26H29F2N5O/c1-3-24-23(16-19-7-4-8-20(27)15-19)25(30-18(2)29-24)32-11-6-12-33(14-13-32)26(34)31-22-10-5-9-21(28)17-22/h4-5,7-10,15,17H,3,6,11-14,16H2,1-2H3,(H,31,34). The van der Waals surface area contributed by atoms with Crippen LogP contribution in [0.25, 0.3) is 0 Å². The van der Waals surface area contributed by atoms with Crippen molar-refractivity contribution in [3.05, 3.63) is 82.8 Å². The van der Waals surface area contributed by atoms with Gasteiger partial charge in [-0.2, -0.15) is 0 Å². The molecule has 0 bridgehead atoms. The van der Waals surface area contributed by atoms with Crippen molar-refractivity contribution in [3.8, 4) is 0 Å². The third-order valence-electron chi connectivity index (χ3n) is 5.95. The predicted octanol–water partition coefficient (Wildman–Crippen LogP) is 4.96. The van der Waals surface area contributed by atoms with E-state index in [4.69, 9.17) is 4.98 Å². The molecule has 2 amide bonds. The van der Waals surface area contributed by atoms with Crippen LogP contribution in [0, 0.1) is 18.6 Å². The predicted molar refractivity (Wildman–Crippen MR) is 129 cm³/mol. The van der Waals surface area contributed by atoms with Gasteiger partial charge in [0.15, 0.2) is 0 Å². The number of amides is 2. The summed E-state index contributed by atoms with van der Waals surface area (Å²) in [6.07, 6.45) is 2.05. The van der Waals surface area contributed by atoms with E-state index in [2.05, 4.69) is 22.1 Å². The number of nitrogens with one attached hydrogen (secondary N) is 1. The van der Waals surface area contributed by atoms with Gasteiger partial charge in [-0.15, -0.1) is 0 Å². The minimum absolute atomic E-state index is 0.249. The van der Waals surface area contributed by atoms with Crippen LogP contribution < -0.4 is 10.2 Å². The van der Waals surface area contributed by atoms with E-state index in [0.29, 0.717) is 37.6 Å². The van der Waals surface area contributed by atoms with Gasteiger partial charge in [0, 0.05) is 49.5 Å². The molecule has 8 heteroatoms. The molecule has 4 rings (SSSR count). The molecule has 1 aromatic heterocycles. The SMILES string of the molecule is CCc1nc(C)nc(N2CCCN(C(=O)Nc3cccc(F)c3)CC2)c1Cc1cccc(F)c1. The molecule has 1 N–H and O–H groups in total. The number of rotatable bonds is 5. The zero-order valence-electron chi connectivity index (χ0n) is 19.5. The van der Waals surface area contributed by atoms with Gasteiger partial charge in [0.1, 0.15) is 23.3 Å². The number of hydrogen-bond acceptors (Lipinski definition) is 4. The number of hydrogen-bond donors (Lipinski definition) is 1. The number of urea groups is 1. The zero-order chi connectivity index (χ0) is 24.1. The Morgan fingerprint density at radius 2 is 1.76 bits per heavy atom. The summed E-state index contributed by atoms with van der Waals surface area (Å²) in [7, 11) is 0. The third kappa shape index (κ3) is 5.68. The van der Waals surface area contributed by atoms with Crippen LogP contribution in [0.5, 0.6) is 0 Å². The Balaban J connectivity index is 1.53. The van der Waals surface area contributed by atoms with Crippen LogP contribution in [0.15, 0.2) is 48.5 Å². The van der Waals surface area contributed by atoms with Gasteiger partial charge in [0.25, 0.3) is 0 Å². The summed E-state index contributed by atoms with van der Waals surface area (Å²) in [5, 5.41) is 2.78. The molecule has 2 heterocycles. The summed E-state index contributed by atoms with van der Waals surface area (Å²) < 4.78 is 27.3. The molecule has 1 saturated heterocycles. The maximum Gasteiger partial charge on any atom is 0.321 e. The van der Waals surface area contributed by atoms with E-state index in [1.807, 2.05) is 13.0 Å². The lowest BCUT2D eigenvalue weighted by Crippen LogP contribution is -2.38. The minimum atomic E-state index is -0.392. The maximum absolute atomic E-state index is 13.8. The molecule has 3 aromatic rings. The molecule has 0 spiro atoms. The lowest BCUT2D eigenvalue weighted by molar-refractivity contribution is 0.215. The highest BCUT2D eigenvalue weighted by Gasteiger charge is 2.24. The van der Waals surface area contributed by atoms with Crippen LogP contribution in [0.4, 0.5) is 25.1 Å². The molecule has 1 aliphatic heterocycles. The van der Waals surface area contributed by atoms with E-state index in [9.17, 15) is 13.6 Å². The first-order chi connectivity index (χ1) is 16.4. The molecule has 1 fully saturated rings. The number of nitrogens with zero attached hydrogens (tertiary/aromatic N) is 4. The molecule has 0 unspecified atom stereocenters. The van der Waals surface area contributed by atoms with Gasteiger partial charge < -0.3 is 15.1 Å². The Hall–Kier alpha value is -3.55. The van der Waals surface area contributed by atoms with E-state index in [1.54, 1.807) is 29.2 Å². The van der Waals surface area contributed by atoms with Crippen LogP contribution >= 0.6 is 0 Å². The van der Waals surface area contributed by atoms with Crippen LogP contribution in [0.3, 0.4) is 0 Å². The highest BCUT2D eigenvalue weighted by atomic mass is 19.1. The fraction of sp³-hybridized carbons (Fsp3) is 0.346. The Bertz CT molecular complexity index is 1170. The molecule has 2 aromatic carbocycles. The van der Waals surface area contributed by atoms with Gasteiger partial charge in [-0.05, 0) is 55.7 Å². The van der Waals surface area contributed by atoms with Crippen LogP contribution in [-0.4, -0.2) is 47.1 Å². The second-order valence-electron chi connectivity index (χ2n) is 8.45. The summed E-state index contributed by atoms with van der Waals surface area (Å²) in [5.74, 6) is 0.886. The van der Waals surface area contributed by atoms with E-state index in [-0.39, 0.29) is 11.8 Å². The molecule has 0 saturated carbocycles. The number of carbonyl (C=O) groups is 1. The highest BCUT2D eigenvalue weighted by molar-refractivity contribution is 5.89. The van der Waals surface area contributed by atoms with Crippen molar-refractivity contribution in [1.82, 2.24) is 14.9 Å². The molecule has 1 aliphatic rings. The second kappa shape index (κ2) is 10.6. The summed E-state index contributed by atoms with van der Waals surface area (Å²) >= 11 is 0.